The van der Waals surface area contributed by atoms with Crippen molar-refractivity contribution in [3.63, 3.8) is 0 Å². The summed E-state index contributed by atoms with van der Waals surface area (Å²) >= 11 is 1.69. The van der Waals surface area contributed by atoms with Crippen molar-refractivity contribution in [1.82, 2.24) is 15.3 Å². The summed E-state index contributed by atoms with van der Waals surface area (Å²) in [4.78, 5) is 22.0. The maximum absolute atomic E-state index is 12.1. The SMILES string of the molecule is CCc1ccc(CCC(=O)NCCc2sc(-c3ccncc3)nc2C)cc1. The van der Waals surface area contributed by atoms with Crippen LogP contribution in [0, 0.1) is 6.92 Å². The number of nitrogens with one attached hydrogen (secondary N) is 1. The summed E-state index contributed by atoms with van der Waals surface area (Å²) in [7, 11) is 0. The van der Waals surface area contributed by atoms with Gasteiger partial charge < -0.3 is 5.32 Å². The third-order valence-corrected chi connectivity index (χ3v) is 5.83. The van der Waals surface area contributed by atoms with Crippen LogP contribution in [0.5, 0.6) is 0 Å². The van der Waals surface area contributed by atoms with E-state index in [1.807, 2.05) is 19.1 Å². The molecule has 0 atom stereocenters. The number of pyridine rings is 1. The van der Waals surface area contributed by atoms with Crippen molar-refractivity contribution < 1.29 is 4.79 Å². The van der Waals surface area contributed by atoms with Gasteiger partial charge in [0, 0.05) is 42.2 Å². The van der Waals surface area contributed by atoms with Gasteiger partial charge >= 0.3 is 0 Å². The van der Waals surface area contributed by atoms with Crippen LogP contribution in [0.2, 0.25) is 0 Å². The summed E-state index contributed by atoms with van der Waals surface area (Å²) in [5.74, 6) is 0.103. The number of nitrogens with zero attached hydrogens (tertiary/aromatic N) is 2. The fourth-order valence-electron chi connectivity index (χ4n) is 2.88. The Kier molecular flexibility index (Phi) is 6.71. The number of hydrogen-bond donors (Lipinski definition) is 1. The van der Waals surface area contributed by atoms with Crippen LogP contribution in [0.3, 0.4) is 0 Å². The first-order valence-corrected chi connectivity index (χ1v) is 10.2. The number of thiazole rings is 1. The van der Waals surface area contributed by atoms with E-state index in [-0.39, 0.29) is 5.91 Å². The summed E-state index contributed by atoms with van der Waals surface area (Å²) in [6.45, 7) is 4.82. The number of rotatable bonds is 8. The van der Waals surface area contributed by atoms with Gasteiger partial charge in [0.2, 0.25) is 5.91 Å². The van der Waals surface area contributed by atoms with Gasteiger partial charge in [-0.1, -0.05) is 31.2 Å². The second-order valence-electron chi connectivity index (χ2n) is 6.53. The Morgan fingerprint density at radius 1 is 1.04 bits per heavy atom. The van der Waals surface area contributed by atoms with Gasteiger partial charge in [-0.25, -0.2) is 4.98 Å². The summed E-state index contributed by atoms with van der Waals surface area (Å²) in [5, 5.41) is 4.04. The molecule has 0 bridgehead atoms. The fraction of sp³-hybridized carbons (Fsp3) is 0.318. The van der Waals surface area contributed by atoms with Crippen LogP contribution >= 0.6 is 11.3 Å². The molecule has 0 aliphatic carbocycles. The molecular formula is C22H25N3OS. The van der Waals surface area contributed by atoms with Gasteiger partial charge in [-0.05, 0) is 43.0 Å². The Hall–Kier alpha value is -2.53. The molecule has 0 saturated heterocycles. The molecule has 2 heterocycles. The predicted molar refractivity (Wildman–Crippen MR) is 111 cm³/mol. The Morgan fingerprint density at radius 2 is 1.74 bits per heavy atom. The molecule has 140 valence electrons. The van der Waals surface area contributed by atoms with Crippen molar-refractivity contribution in [1.29, 1.82) is 0 Å². The first-order valence-electron chi connectivity index (χ1n) is 9.37. The first-order chi connectivity index (χ1) is 13.2. The van der Waals surface area contributed by atoms with E-state index in [1.54, 1.807) is 23.7 Å². The largest absolute Gasteiger partial charge is 0.356 e. The van der Waals surface area contributed by atoms with E-state index in [0.717, 1.165) is 35.5 Å². The van der Waals surface area contributed by atoms with Gasteiger partial charge in [0.15, 0.2) is 0 Å². The molecule has 0 aliphatic heterocycles. The second-order valence-corrected chi connectivity index (χ2v) is 7.62. The molecule has 27 heavy (non-hydrogen) atoms. The minimum absolute atomic E-state index is 0.103. The van der Waals surface area contributed by atoms with Crippen molar-refractivity contribution in [2.75, 3.05) is 6.54 Å². The molecule has 3 rings (SSSR count). The number of carbonyl (C=O) groups is 1. The van der Waals surface area contributed by atoms with Crippen molar-refractivity contribution >= 4 is 17.2 Å². The van der Waals surface area contributed by atoms with Crippen LogP contribution in [-0.2, 0) is 24.1 Å². The molecule has 1 amide bonds. The highest BCUT2D eigenvalue weighted by Crippen LogP contribution is 2.27. The first kappa shape index (κ1) is 19.2. The number of carbonyl (C=O) groups excluding carboxylic acids is 1. The second kappa shape index (κ2) is 9.42. The number of benzene rings is 1. The lowest BCUT2D eigenvalue weighted by Gasteiger charge is -2.05. The molecule has 0 radical (unpaired) electrons. The van der Waals surface area contributed by atoms with Gasteiger partial charge in [0.05, 0.1) is 5.69 Å². The van der Waals surface area contributed by atoms with Crippen molar-refractivity contribution in [3.05, 3.63) is 70.5 Å². The molecule has 1 N–H and O–H groups in total. The summed E-state index contributed by atoms with van der Waals surface area (Å²) < 4.78 is 0. The lowest BCUT2D eigenvalue weighted by Crippen LogP contribution is -2.25. The Balaban J connectivity index is 1.45. The average molecular weight is 380 g/mol. The van der Waals surface area contributed by atoms with Crippen LogP contribution in [0.4, 0.5) is 0 Å². The van der Waals surface area contributed by atoms with E-state index in [2.05, 4.69) is 46.5 Å². The van der Waals surface area contributed by atoms with Gasteiger partial charge in [-0.15, -0.1) is 11.3 Å². The van der Waals surface area contributed by atoms with E-state index >= 15 is 0 Å². The number of amides is 1. The van der Waals surface area contributed by atoms with Gasteiger partial charge in [0.25, 0.3) is 0 Å². The summed E-state index contributed by atoms with van der Waals surface area (Å²) in [6, 6.07) is 12.5. The molecular weight excluding hydrogens is 354 g/mol. The minimum Gasteiger partial charge on any atom is -0.356 e. The summed E-state index contributed by atoms with van der Waals surface area (Å²) in [5.41, 5.74) is 4.66. The quantitative estimate of drug-likeness (QED) is 0.632. The molecule has 3 aromatic rings. The van der Waals surface area contributed by atoms with Crippen LogP contribution in [0.15, 0.2) is 48.8 Å². The van der Waals surface area contributed by atoms with Crippen molar-refractivity contribution in [2.45, 2.75) is 39.5 Å². The average Bonchev–Trinajstić information content (AvgIpc) is 3.08. The van der Waals surface area contributed by atoms with Crippen LogP contribution in [0.1, 0.15) is 35.0 Å². The third kappa shape index (κ3) is 5.47. The topological polar surface area (TPSA) is 54.9 Å². The lowest BCUT2D eigenvalue weighted by atomic mass is 10.1. The smallest absolute Gasteiger partial charge is 0.220 e. The Bertz CT molecular complexity index is 872. The molecule has 0 unspecified atom stereocenters. The highest BCUT2D eigenvalue weighted by atomic mass is 32.1. The third-order valence-electron chi connectivity index (χ3n) is 4.57. The molecule has 0 fully saturated rings. The zero-order chi connectivity index (χ0) is 19.1. The monoisotopic (exact) mass is 379 g/mol. The molecule has 2 aromatic heterocycles. The predicted octanol–water partition coefficient (Wildman–Crippen LogP) is 4.37. The lowest BCUT2D eigenvalue weighted by molar-refractivity contribution is -0.121. The molecule has 0 spiro atoms. The molecule has 0 aliphatic rings. The van der Waals surface area contributed by atoms with Crippen molar-refractivity contribution in [2.24, 2.45) is 0 Å². The number of hydrogen-bond acceptors (Lipinski definition) is 4. The summed E-state index contributed by atoms with van der Waals surface area (Å²) in [6.07, 6.45) is 6.71. The van der Waals surface area contributed by atoms with E-state index < -0.39 is 0 Å². The highest BCUT2D eigenvalue weighted by molar-refractivity contribution is 7.15. The number of aromatic nitrogens is 2. The normalized spacial score (nSPS) is 10.7. The molecule has 0 saturated carbocycles. The van der Waals surface area contributed by atoms with E-state index in [4.69, 9.17) is 0 Å². The molecule has 5 heteroatoms. The van der Waals surface area contributed by atoms with Gasteiger partial charge in [0.1, 0.15) is 5.01 Å². The molecule has 1 aromatic carbocycles. The fourth-order valence-corrected chi connectivity index (χ4v) is 3.95. The van der Waals surface area contributed by atoms with E-state index in [0.29, 0.717) is 13.0 Å². The van der Waals surface area contributed by atoms with Gasteiger partial charge in [-0.2, -0.15) is 0 Å². The minimum atomic E-state index is 0.103. The maximum Gasteiger partial charge on any atom is 0.220 e. The zero-order valence-electron chi connectivity index (χ0n) is 15.9. The van der Waals surface area contributed by atoms with Crippen LogP contribution in [0.25, 0.3) is 10.6 Å². The van der Waals surface area contributed by atoms with E-state index in [9.17, 15) is 4.79 Å². The maximum atomic E-state index is 12.1. The van der Waals surface area contributed by atoms with E-state index in [1.165, 1.54) is 16.0 Å². The van der Waals surface area contributed by atoms with Gasteiger partial charge in [-0.3, -0.25) is 9.78 Å². The standard InChI is InChI=1S/C22H25N3OS/c1-3-17-4-6-18(7-5-17)8-9-21(26)24-15-12-20-16(2)25-22(27-20)19-10-13-23-14-11-19/h4-7,10-11,13-14H,3,8-9,12,15H2,1-2H3,(H,24,26). The van der Waals surface area contributed by atoms with Crippen molar-refractivity contribution in [3.8, 4) is 10.6 Å². The Morgan fingerprint density at radius 3 is 2.44 bits per heavy atom. The van der Waals surface area contributed by atoms with Crippen LogP contribution < -0.4 is 5.32 Å². The Labute approximate surface area is 164 Å². The molecule has 4 nitrogen and oxygen atoms in total. The zero-order valence-corrected chi connectivity index (χ0v) is 16.7. The van der Waals surface area contributed by atoms with Crippen LogP contribution in [-0.4, -0.2) is 22.4 Å². The number of aryl methyl sites for hydroxylation is 3. The highest BCUT2D eigenvalue weighted by Gasteiger charge is 2.10.